The van der Waals surface area contributed by atoms with E-state index in [1.54, 1.807) is 6.20 Å². The molecule has 0 atom stereocenters. The summed E-state index contributed by atoms with van der Waals surface area (Å²) in [5.74, 6) is 0. The number of thioether (sulfide) groups is 1. The molecule has 1 rings (SSSR count). The van der Waals surface area contributed by atoms with Gasteiger partial charge in [-0.2, -0.15) is 0 Å². The summed E-state index contributed by atoms with van der Waals surface area (Å²) in [5, 5.41) is 3.76. The monoisotopic (exact) mass is 156 g/mol. The molecule has 0 amide bonds. The molecule has 0 bridgehead atoms. The maximum Gasteiger partial charge on any atom is 0.160 e. The first-order valence-corrected chi connectivity index (χ1v) is 4.08. The van der Waals surface area contributed by atoms with E-state index in [4.69, 9.17) is 0 Å². The minimum Gasteiger partial charge on any atom is -0.341 e. The van der Waals surface area contributed by atoms with Gasteiger partial charge in [0.25, 0.3) is 0 Å². The summed E-state index contributed by atoms with van der Waals surface area (Å²) in [4.78, 5) is 14.2. The Morgan fingerprint density at radius 1 is 1.90 bits per heavy atom. The molecular formula is C6H8N2OS. The number of carbonyl (C=O) groups excluding carboxylic acids is 1. The molecule has 54 valence electrons. The molecule has 0 saturated heterocycles. The number of aliphatic imine (C=N–C) groups is 1. The lowest BCUT2D eigenvalue weighted by Gasteiger charge is -2.08. The molecule has 0 fully saturated rings. The molecule has 1 heterocycles. The number of aldehydes is 1. The van der Waals surface area contributed by atoms with E-state index in [1.807, 2.05) is 6.26 Å². The zero-order valence-corrected chi connectivity index (χ0v) is 6.44. The van der Waals surface area contributed by atoms with Crippen LogP contribution in [0.2, 0.25) is 0 Å². The highest BCUT2D eigenvalue weighted by Crippen LogP contribution is 2.02. The molecule has 1 N–H and O–H groups in total. The van der Waals surface area contributed by atoms with E-state index in [9.17, 15) is 4.79 Å². The van der Waals surface area contributed by atoms with Crippen LogP contribution in [-0.2, 0) is 4.79 Å². The van der Waals surface area contributed by atoms with Crippen LogP contribution in [0.3, 0.4) is 0 Å². The average molecular weight is 156 g/mol. The van der Waals surface area contributed by atoms with E-state index in [1.165, 1.54) is 11.8 Å². The molecule has 1 aliphatic heterocycles. The number of nitrogens with zero attached hydrogens (tertiary/aromatic N) is 1. The smallest absolute Gasteiger partial charge is 0.160 e. The average Bonchev–Trinajstić information content (AvgIpc) is 2.05. The second-order valence-electron chi connectivity index (χ2n) is 1.81. The third-order valence-corrected chi connectivity index (χ3v) is 1.76. The fraction of sp³-hybridized carbons (Fsp3) is 0.333. The Hall–Kier alpha value is -0.770. The highest BCUT2D eigenvalue weighted by molar-refractivity contribution is 8.13. The number of nitrogens with one attached hydrogen (secondary N) is 1. The van der Waals surface area contributed by atoms with E-state index in [-0.39, 0.29) is 0 Å². The molecule has 0 aromatic rings. The van der Waals surface area contributed by atoms with Crippen LogP contribution in [0.4, 0.5) is 0 Å². The predicted molar refractivity (Wildman–Crippen MR) is 43.1 cm³/mol. The van der Waals surface area contributed by atoms with Crippen LogP contribution < -0.4 is 5.32 Å². The summed E-state index contributed by atoms with van der Waals surface area (Å²) >= 11 is 1.54. The normalized spacial score (nSPS) is 16.9. The lowest BCUT2D eigenvalue weighted by molar-refractivity contribution is -0.104. The molecule has 0 aromatic carbocycles. The fourth-order valence-corrected chi connectivity index (χ4v) is 0.974. The number of hydrogen-bond donors (Lipinski definition) is 1. The first-order valence-electron chi connectivity index (χ1n) is 2.86. The van der Waals surface area contributed by atoms with Crippen LogP contribution in [0.5, 0.6) is 0 Å². The van der Waals surface area contributed by atoms with Crippen molar-refractivity contribution in [3.8, 4) is 0 Å². The Balaban J connectivity index is 2.52. The van der Waals surface area contributed by atoms with Crippen LogP contribution in [0.15, 0.2) is 16.8 Å². The minimum atomic E-state index is 0.507. The number of amidine groups is 1. The van der Waals surface area contributed by atoms with E-state index < -0.39 is 0 Å². The number of rotatable bonds is 1. The third kappa shape index (κ3) is 1.60. The number of hydrogen-bond acceptors (Lipinski definition) is 4. The van der Waals surface area contributed by atoms with E-state index in [0.29, 0.717) is 12.1 Å². The standard InChI is InChI=1S/C6H8N2OS/c1-10-6-7-2-5(4-9)3-8-6/h2,4H,3H2,1H3,(H,7,8). The molecule has 1 aliphatic rings. The lowest BCUT2D eigenvalue weighted by atomic mass is 10.3. The van der Waals surface area contributed by atoms with Crippen molar-refractivity contribution in [2.75, 3.05) is 12.8 Å². The Kier molecular flexibility index (Phi) is 2.50. The van der Waals surface area contributed by atoms with Gasteiger partial charge in [0.05, 0.1) is 6.54 Å². The van der Waals surface area contributed by atoms with Crippen molar-refractivity contribution < 1.29 is 4.79 Å². The van der Waals surface area contributed by atoms with E-state index in [0.717, 1.165) is 11.5 Å². The van der Waals surface area contributed by atoms with Gasteiger partial charge in [-0.15, -0.1) is 0 Å². The van der Waals surface area contributed by atoms with Crippen molar-refractivity contribution in [3.05, 3.63) is 11.8 Å². The summed E-state index contributed by atoms with van der Waals surface area (Å²) in [6.45, 7) is 0.507. The fourth-order valence-electron chi connectivity index (χ4n) is 0.604. The van der Waals surface area contributed by atoms with Crippen molar-refractivity contribution in [3.63, 3.8) is 0 Å². The van der Waals surface area contributed by atoms with Gasteiger partial charge in [0, 0.05) is 11.8 Å². The Labute approximate surface area is 63.6 Å². The van der Waals surface area contributed by atoms with E-state index >= 15 is 0 Å². The minimum absolute atomic E-state index is 0.507. The van der Waals surface area contributed by atoms with Crippen LogP contribution in [-0.4, -0.2) is 24.3 Å². The molecule has 10 heavy (non-hydrogen) atoms. The molecule has 0 unspecified atom stereocenters. The molecule has 0 aliphatic carbocycles. The van der Waals surface area contributed by atoms with Gasteiger partial charge in [0.2, 0.25) is 0 Å². The summed E-state index contributed by atoms with van der Waals surface area (Å²) in [6.07, 6.45) is 4.44. The molecule has 0 saturated carbocycles. The lowest BCUT2D eigenvalue weighted by Crippen LogP contribution is -2.19. The SMILES string of the molecule is CSC1=NCC(C=O)=CN1. The molecular weight excluding hydrogens is 148 g/mol. The quantitative estimate of drug-likeness (QED) is 0.558. The van der Waals surface area contributed by atoms with Crippen LogP contribution in [0.1, 0.15) is 0 Å². The van der Waals surface area contributed by atoms with Gasteiger partial charge in [0.1, 0.15) is 6.29 Å². The Morgan fingerprint density at radius 2 is 2.70 bits per heavy atom. The second kappa shape index (κ2) is 3.41. The Morgan fingerprint density at radius 3 is 3.10 bits per heavy atom. The van der Waals surface area contributed by atoms with Crippen LogP contribution >= 0.6 is 11.8 Å². The van der Waals surface area contributed by atoms with Gasteiger partial charge in [-0.05, 0) is 6.26 Å². The highest BCUT2D eigenvalue weighted by atomic mass is 32.2. The van der Waals surface area contributed by atoms with Crippen LogP contribution in [0.25, 0.3) is 0 Å². The van der Waals surface area contributed by atoms with Crippen molar-refractivity contribution in [1.29, 1.82) is 0 Å². The third-order valence-electron chi connectivity index (χ3n) is 1.13. The first-order chi connectivity index (χ1) is 4.86. The predicted octanol–water partition coefficient (Wildman–Crippen LogP) is 0.391. The van der Waals surface area contributed by atoms with Crippen LogP contribution in [0, 0.1) is 0 Å². The van der Waals surface area contributed by atoms with Gasteiger partial charge in [0.15, 0.2) is 5.17 Å². The van der Waals surface area contributed by atoms with Gasteiger partial charge in [-0.3, -0.25) is 9.79 Å². The van der Waals surface area contributed by atoms with Crippen molar-refractivity contribution in [2.24, 2.45) is 4.99 Å². The molecule has 4 heteroatoms. The zero-order chi connectivity index (χ0) is 7.40. The highest BCUT2D eigenvalue weighted by Gasteiger charge is 2.02. The van der Waals surface area contributed by atoms with Gasteiger partial charge < -0.3 is 5.32 Å². The maximum atomic E-state index is 10.2. The van der Waals surface area contributed by atoms with Gasteiger partial charge in [-0.25, -0.2) is 0 Å². The zero-order valence-electron chi connectivity index (χ0n) is 5.63. The van der Waals surface area contributed by atoms with Gasteiger partial charge >= 0.3 is 0 Å². The largest absolute Gasteiger partial charge is 0.341 e. The summed E-state index contributed by atoms with van der Waals surface area (Å²) < 4.78 is 0. The molecule has 0 radical (unpaired) electrons. The molecule has 0 aromatic heterocycles. The summed E-state index contributed by atoms with van der Waals surface area (Å²) in [7, 11) is 0. The topological polar surface area (TPSA) is 41.5 Å². The first kappa shape index (κ1) is 7.34. The van der Waals surface area contributed by atoms with Crippen molar-refractivity contribution >= 4 is 23.2 Å². The molecule has 3 nitrogen and oxygen atoms in total. The number of carbonyl (C=O) groups is 1. The van der Waals surface area contributed by atoms with Gasteiger partial charge in [-0.1, -0.05) is 11.8 Å². The summed E-state index contributed by atoms with van der Waals surface area (Å²) in [6, 6.07) is 0. The maximum absolute atomic E-state index is 10.2. The van der Waals surface area contributed by atoms with E-state index in [2.05, 4.69) is 10.3 Å². The summed E-state index contributed by atoms with van der Waals surface area (Å²) in [5.41, 5.74) is 0.692. The second-order valence-corrected chi connectivity index (χ2v) is 2.60. The Bertz CT molecular complexity index is 198. The molecule has 0 spiro atoms. The van der Waals surface area contributed by atoms with Crippen molar-refractivity contribution in [1.82, 2.24) is 5.32 Å². The van der Waals surface area contributed by atoms with Crippen molar-refractivity contribution in [2.45, 2.75) is 0 Å².